The molecule has 1 heterocycles. The van der Waals surface area contributed by atoms with Crippen LogP contribution < -0.4 is 0 Å². The first-order valence-electron chi connectivity index (χ1n) is 8.55. The van der Waals surface area contributed by atoms with Crippen LogP contribution in [0, 0.1) is 11.5 Å². The molecule has 0 saturated heterocycles. The Morgan fingerprint density at radius 3 is 2.54 bits per heavy atom. The van der Waals surface area contributed by atoms with Crippen LogP contribution in [-0.2, 0) is 6.42 Å². The van der Waals surface area contributed by atoms with Crippen molar-refractivity contribution in [3.05, 3.63) is 47.8 Å². The molecule has 2 atom stereocenters. The minimum atomic E-state index is -1.42. The summed E-state index contributed by atoms with van der Waals surface area (Å²) in [6.45, 7) is 8.85. The van der Waals surface area contributed by atoms with Crippen molar-refractivity contribution in [1.29, 1.82) is 0 Å². The number of aliphatic hydroxyl groups is 1. The standard InChI is InChI=1S/C19H27N3OSi/c1-5-9-17(12-13-24(2,3)4)22-15-18(20-21-22)19(23)14-16-10-7-6-8-11-16/h6-8,10-11,15,17,19,23H,5,9,14H2,1-4H3. The Kier molecular flexibility index (Phi) is 6.35. The highest BCUT2D eigenvalue weighted by atomic mass is 28.3. The molecule has 0 aliphatic rings. The van der Waals surface area contributed by atoms with Crippen molar-refractivity contribution in [2.75, 3.05) is 0 Å². The first kappa shape index (κ1) is 18.4. The van der Waals surface area contributed by atoms with Crippen molar-refractivity contribution in [3.63, 3.8) is 0 Å². The van der Waals surface area contributed by atoms with Crippen molar-refractivity contribution < 1.29 is 5.11 Å². The summed E-state index contributed by atoms with van der Waals surface area (Å²) in [4.78, 5) is 0. The van der Waals surface area contributed by atoms with Gasteiger partial charge in [0.15, 0.2) is 0 Å². The molecule has 4 nitrogen and oxygen atoms in total. The van der Waals surface area contributed by atoms with Crippen LogP contribution in [-0.4, -0.2) is 28.2 Å². The van der Waals surface area contributed by atoms with Gasteiger partial charge in [-0.15, -0.1) is 10.6 Å². The van der Waals surface area contributed by atoms with Gasteiger partial charge in [-0.05, 0) is 12.0 Å². The summed E-state index contributed by atoms with van der Waals surface area (Å²) in [6, 6.07) is 9.97. The minimum absolute atomic E-state index is 0.0342. The van der Waals surface area contributed by atoms with Crippen molar-refractivity contribution in [1.82, 2.24) is 15.0 Å². The molecule has 0 radical (unpaired) electrons. The Hall–Kier alpha value is -1.90. The first-order valence-corrected chi connectivity index (χ1v) is 12.1. The molecule has 1 aromatic carbocycles. The van der Waals surface area contributed by atoms with Crippen LogP contribution in [0.2, 0.25) is 19.6 Å². The molecule has 5 heteroatoms. The highest BCUT2D eigenvalue weighted by molar-refractivity contribution is 6.83. The van der Waals surface area contributed by atoms with E-state index in [4.69, 9.17) is 0 Å². The Bertz CT molecular complexity index is 695. The van der Waals surface area contributed by atoms with Crippen LogP contribution >= 0.6 is 0 Å². The molecule has 1 N–H and O–H groups in total. The maximum absolute atomic E-state index is 10.4. The minimum Gasteiger partial charge on any atom is -0.386 e. The zero-order valence-corrected chi connectivity index (χ0v) is 16.0. The van der Waals surface area contributed by atoms with Gasteiger partial charge in [-0.3, -0.25) is 0 Å². The second-order valence-electron chi connectivity index (χ2n) is 7.15. The fraction of sp³-hybridized carbons (Fsp3) is 0.474. The molecule has 0 fully saturated rings. The van der Waals surface area contributed by atoms with Gasteiger partial charge >= 0.3 is 0 Å². The van der Waals surface area contributed by atoms with Crippen LogP contribution in [0.5, 0.6) is 0 Å². The van der Waals surface area contributed by atoms with E-state index in [1.165, 1.54) is 0 Å². The second-order valence-corrected chi connectivity index (χ2v) is 11.9. The van der Waals surface area contributed by atoms with E-state index in [-0.39, 0.29) is 6.04 Å². The van der Waals surface area contributed by atoms with E-state index in [2.05, 4.69) is 48.3 Å². The summed E-state index contributed by atoms with van der Waals surface area (Å²) in [6.07, 6.45) is 3.71. The zero-order valence-electron chi connectivity index (χ0n) is 15.0. The molecule has 2 rings (SSSR count). The zero-order chi connectivity index (χ0) is 17.6. The summed E-state index contributed by atoms with van der Waals surface area (Å²) < 4.78 is 1.81. The van der Waals surface area contributed by atoms with Gasteiger partial charge in [-0.25, -0.2) is 4.68 Å². The van der Waals surface area contributed by atoms with E-state index in [9.17, 15) is 5.11 Å². The van der Waals surface area contributed by atoms with E-state index in [1.807, 2.05) is 36.5 Å². The lowest BCUT2D eigenvalue weighted by Crippen LogP contribution is -2.18. The molecular formula is C19H27N3OSi. The van der Waals surface area contributed by atoms with E-state index in [1.54, 1.807) is 4.68 Å². The third-order valence-corrected chi connectivity index (χ3v) is 4.53. The monoisotopic (exact) mass is 341 g/mol. The molecule has 0 aliphatic carbocycles. The number of hydrogen-bond acceptors (Lipinski definition) is 3. The Morgan fingerprint density at radius 1 is 1.21 bits per heavy atom. The fourth-order valence-corrected chi connectivity index (χ4v) is 2.98. The van der Waals surface area contributed by atoms with E-state index in [0.29, 0.717) is 12.1 Å². The van der Waals surface area contributed by atoms with Gasteiger partial charge in [-0.2, -0.15) is 0 Å². The lowest BCUT2D eigenvalue weighted by atomic mass is 10.1. The topological polar surface area (TPSA) is 50.9 Å². The predicted octanol–water partition coefficient (Wildman–Crippen LogP) is 3.78. The normalized spacial score (nSPS) is 13.9. The number of nitrogens with zero attached hydrogens (tertiary/aromatic N) is 3. The fourth-order valence-electron chi connectivity index (χ4n) is 2.38. The Balaban J connectivity index is 2.13. The maximum Gasteiger partial charge on any atom is 0.129 e. The SMILES string of the molecule is CCCC(C#C[Si](C)(C)C)n1cc(C(O)Cc2ccccc2)nn1. The molecule has 24 heavy (non-hydrogen) atoms. The predicted molar refractivity (Wildman–Crippen MR) is 100 cm³/mol. The summed E-state index contributed by atoms with van der Waals surface area (Å²) >= 11 is 0. The number of rotatable bonds is 6. The summed E-state index contributed by atoms with van der Waals surface area (Å²) in [5.74, 6) is 3.37. The molecule has 2 aromatic rings. The first-order chi connectivity index (χ1) is 11.4. The molecule has 2 unspecified atom stereocenters. The summed E-state index contributed by atoms with van der Waals surface area (Å²) in [7, 11) is -1.42. The van der Waals surface area contributed by atoms with Crippen LogP contribution in [0.1, 0.15) is 43.2 Å². The number of hydrogen-bond donors (Lipinski definition) is 1. The number of benzene rings is 1. The quantitative estimate of drug-likeness (QED) is 0.642. The summed E-state index contributed by atoms with van der Waals surface area (Å²) in [5.41, 5.74) is 5.11. The van der Waals surface area contributed by atoms with Crippen molar-refractivity contribution in [2.24, 2.45) is 0 Å². The maximum atomic E-state index is 10.4. The van der Waals surface area contributed by atoms with Gasteiger partial charge < -0.3 is 5.11 Å². The van der Waals surface area contributed by atoms with Crippen molar-refractivity contribution >= 4 is 8.07 Å². The van der Waals surface area contributed by atoms with Crippen LogP contribution in [0.15, 0.2) is 36.5 Å². The lowest BCUT2D eigenvalue weighted by Gasteiger charge is -2.11. The largest absolute Gasteiger partial charge is 0.386 e. The van der Waals surface area contributed by atoms with Crippen LogP contribution in [0.25, 0.3) is 0 Å². The van der Waals surface area contributed by atoms with Gasteiger partial charge in [0.05, 0.1) is 6.20 Å². The Labute approximate surface area is 145 Å². The van der Waals surface area contributed by atoms with E-state index >= 15 is 0 Å². The summed E-state index contributed by atoms with van der Waals surface area (Å²) in [5, 5.41) is 18.8. The molecule has 1 aromatic heterocycles. The van der Waals surface area contributed by atoms with Gasteiger partial charge in [0.2, 0.25) is 0 Å². The third-order valence-electron chi connectivity index (χ3n) is 3.64. The van der Waals surface area contributed by atoms with Gasteiger partial charge in [0, 0.05) is 6.42 Å². The van der Waals surface area contributed by atoms with Crippen molar-refractivity contribution in [3.8, 4) is 11.5 Å². The molecule has 0 amide bonds. The number of aliphatic hydroxyl groups excluding tert-OH is 1. The molecule has 0 bridgehead atoms. The Morgan fingerprint density at radius 2 is 1.92 bits per heavy atom. The smallest absolute Gasteiger partial charge is 0.129 e. The van der Waals surface area contributed by atoms with Crippen molar-refractivity contribution in [2.45, 2.75) is 58.0 Å². The average molecular weight is 342 g/mol. The van der Waals surface area contributed by atoms with Gasteiger partial charge in [0.1, 0.15) is 25.9 Å². The van der Waals surface area contributed by atoms with Crippen LogP contribution in [0.4, 0.5) is 0 Å². The van der Waals surface area contributed by atoms with Gasteiger partial charge in [-0.1, -0.05) is 74.5 Å². The lowest BCUT2D eigenvalue weighted by molar-refractivity contribution is 0.173. The third kappa shape index (κ3) is 5.62. The molecule has 0 aliphatic heterocycles. The second kappa shape index (κ2) is 8.27. The van der Waals surface area contributed by atoms with E-state index in [0.717, 1.165) is 18.4 Å². The molecule has 128 valence electrons. The highest BCUT2D eigenvalue weighted by Crippen LogP contribution is 2.19. The van der Waals surface area contributed by atoms with E-state index < -0.39 is 14.2 Å². The van der Waals surface area contributed by atoms with Gasteiger partial charge in [0.25, 0.3) is 0 Å². The van der Waals surface area contributed by atoms with Crippen LogP contribution in [0.3, 0.4) is 0 Å². The molecule has 0 saturated carbocycles. The average Bonchev–Trinajstić information content (AvgIpc) is 3.01. The molecule has 0 spiro atoms. The highest BCUT2D eigenvalue weighted by Gasteiger charge is 2.17. The number of aromatic nitrogens is 3. The molecular weight excluding hydrogens is 314 g/mol.